The minimum atomic E-state index is -1.83. The quantitative estimate of drug-likeness (QED) is 0.656. The molecule has 0 saturated carbocycles. The summed E-state index contributed by atoms with van der Waals surface area (Å²) in [5, 5.41) is 16.3. The van der Waals surface area contributed by atoms with E-state index in [1.165, 1.54) is 0 Å². The summed E-state index contributed by atoms with van der Waals surface area (Å²) in [6.45, 7) is 5.77. The van der Waals surface area contributed by atoms with Crippen LogP contribution in [0.4, 0.5) is 4.79 Å². The normalized spacial score (nSPS) is 21.5. The van der Waals surface area contributed by atoms with Gasteiger partial charge in [0.15, 0.2) is 0 Å². The van der Waals surface area contributed by atoms with Gasteiger partial charge in [0, 0.05) is 0 Å². The molecule has 1 rings (SSSR count). The number of rotatable bonds is 3. The summed E-state index contributed by atoms with van der Waals surface area (Å²) in [7, 11) is 0. The fourth-order valence-electron chi connectivity index (χ4n) is 1.75. The largest absolute Gasteiger partial charge is 0.503 e. The number of hydrogen-bond acceptors (Lipinski definition) is 3. The highest BCUT2D eigenvalue weighted by atomic mass is 16.6. The van der Waals surface area contributed by atoms with E-state index in [0.29, 0.717) is 0 Å². The van der Waals surface area contributed by atoms with Crippen molar-refractivity contribution in [3.63, 3.8) is 0 Å². The molecule has 17 heavy (non-hydrogen) atoms. The van der Waals surface area contributed by atoms with Crippen LogP contribution in [0.25, 0.3) is 0 Å². The maximum Gasteiger partial charge on any atom is 0.503 e. The number of amides is 2. The lowest BCUT2D eigenvalue weighted by Gasteiger charge is -2.21. The van der Waals surface area contributed by atoms with E-state index in [-0.39, 0.29) is 17.7 Å². The smallest absolute Gasteiger partial charge is 0.450 e. The van der Waals surface area contributed by atoms with Gasteiger partial charge in [-0.2, -0.15) is 0 Å². The van der Waals surface area contributed by atoms with Gasteiger partial charge in [0.2, 0.25) is 11.8 Å². The van der Waals surface area contributed by atoms with Gasteiger partial charge in [0.1, 0.15) is 0 Å². The Bertz CT molecular complexity index is 307. The van der Waals surface area contributed by atoms with Crippen molar-refractivity contribution in [1.82, 2.24) is 5.32 Å². The Morgan fingerprint density at radius 3 is 2.12 bits per heavy atom. The molecule has 0 bridgehead atoms. The van der Waals surface area contributed by atoms with E-state index < -0.39 is 11.6 Å². The SMILES string of the molecule is CCCCC1C(=O)NC(=O)C1(C)C.O=C(O)O. The average molecular weight is 245 g/mol. The van der Waals surface area contributed by atoms with E-state index in [1.54, 1.807) is 0 Å². The summed E-state index contributed by atoms with van der Waals surface area (Å²) in [6, 6.07) is 0. The first-order valence-corrected chi connectivity index (χ1v) is 5.50. The lowest BCUT2D eigenvalue weighted by Crippen LogP contribution is -2.28. The Balaban J connectivity index is 0.000000557. The zero-order chi connectivity index (χ0) is 13.6. The number of imide groups is 1. The molecule has 0 aromatic rings. The van der Waals surface area contributed by atoms with Gasteiger partial charge >= 0.3 is 6.16 Å². The summed E-state index contributed by atoms with van der Waals surface area (Å²) < 4.78 is 0. The van der Waals surface area contributed by atoms with Crippen molar-refractivity contribution in [3.05, 3.63) is 0 Å². The Morgan fingerprint density at radius 1 is 1.35 bits per heavy atom. The number of carbonyl (C=O) groups excluding carboxylic acids is 2. The summed E-state index contributed by atoms with van der Waals surface area (Å²) >= 11 is 0. The van der Waals surface area contributed by atoms with E-state index in [9.17, 15) is 9.59 Å². The summed E-state index contributed by atoms with van der Waals surface area (Å²) in [5.41, 5.74) is -0.508. The molecule has 0 spiro atoms. The van der Waals surface area contributed by atoms with Crippen molar-refractivity contribution in [2.75, 3.05) is 0 Å². The van der Waals surface area contributed by atoms with Crippen LogP contribution in [0.3, 0.4) is 0 Å². The first-order valence-electron chi connectivity index (χ1n) is 5.50. The molecule has 1 aliphatic heterocycles. The van der Waals surface area contributed by atoms with Crippen molar-refractivity contribution in [1.29, 1.82) is 0 Å². The molecule has 1 fully saturated rings. The van der Waals surface area contributed by atoms with Gasteiger partial charge in [-0.25, -0.2) is 4.79 Å². The van der Waals surface area contributed by atoms with Crippen LogP contribution in [-0.4, -0.2) is 28.2 Å². The predicted octanol–water partition coefficient (Wildman–Crippen LogP) is 1.70. The number of unbranched alkanes of at least 4 members (excludes halogenated alkanes) is 1. The maximum atomic E-state index is 11.4. The Hall–Kier alpha value is -1.59. The predicted molar refractivity (Wildman–Crippen MR) is 60.6 cm³/mol. The standard InChI is InChI=1S/C10H17NO2.CH2O3/c1-4-5-6-7-8(12)11-9(13)10(7,2)3;2-1(3)4/h7H,4-6H2,1-3H3,(H,11,12,13);(H2,2,3,4). The molecule has 0 aromatic carbocycles. The molecular weight excluding hydrogens is 226 g/mol. The summed E-state index contributed by atoms with van der Waals surface area (Å²) in [4.78, 5) is 31.3. The zero-order valence-corrected chi connectivity index (χ0v) is 10.3. The first-order chi connectivity index (χ1) is 7.73. The van der Waals surface area contributed by atoms with Crippen LogP contribution in [0.1, 0.15) is 40.0 Å². The molecule has 1 heterocycles. The van der Waals surface area contributed by atoms with Gasteiger partial charge in [-0.3, -0.25) is 14.9 Å². The van der Waals surface area contributed by atoms with Gasteiger partial charge < -0.3 is 10.2 Å². The van der Waals surface area contributed by atoms with Gasteiger partial charge in [-0.1, -0.05) is 33.6 Å². The molecule has 6 heteroatoms. The second-order valence-electron chi connectivity index (χ2n) is 4.52. The van der Waals surface area contributed by atoms with Crippen LogP contribution in [0.2, 0.25) is 0 Å². The highest BCUT2D eigenvalue weighted by Gasteiger charge is 2.47. The van der Waals surface area contributed by atoms with Crippen molar-refractivity contribution in [2.45, 2.75) is 40.0 Å². The molecule has 0 aromatic heterocycles. The monoisotopic (exact) mass is 245 g/mol. The van der Waals surface area contributed by atoms with Crippen LogP contribution >= 0.6 is 0 Å². The third kappa shape index (κ3) is 4.42. The van der Waals surface area contributed by atoms with E-state index >= 15 is 0 Å². The van der Waals surface area contributed by atoms with Crippen molar-refractivity contribution in [3.8, 4) is 0 Å². The number of carboxylic acid groups (broad SMARTS) is 2. The molecule has 1 aliphatic rings. The first kappa shape index (κ1) is 15.4. The van der Waals surface area contributed by atoms with E-state index in [2.05, 4.69) is 12.2 Å². The maximum absolute atomic E-state index is 11.4. The Labute approximate surface area is 100 Å². The molecule has 98 valence electrons. The van der Waals surface area contributed by atoms with Crippen LogP contribution in [0.5, 0.6) is 0 Å². The Kier molecular flexibility index (Phi) is 5.64. The molecule has 6 nitrogen and oxygen atoms in total. The van der Waals surface area contributed by atoms with Crippen molar-refractivity contribution in [2.24, 2.45) is 11.3 Å². The summed E-state index contributed by atoms with van der Waals surface area (Å²) in [6.07, 6.45) is 1.06. The molecular formula is C11H19NO5. The number of nitrogens with one attached hydrogen (secondary N) is 1. The minimum Gasteiger partial charge on any atom is -0.450 e. The topological polar surface area (TPSA) is 104 Å². The molecule has 3 N–H and O–H groups in total. The molecule has 2 amide bonds. The minimum absolute atomic E-state index is 0.0940. The van der Waals surface area contributed by atoms with Crippen LogP contribution < -0.4 is 5.32 Å². The highest BCUT2D eigenvalue weighted by molar-refractivity contribution is 6.06. The zero-order valence-electron chi connectivity index (χ0n) is 10.3. The third-order valence-corrected chi connectivity index (χ3v) is 2.86. The highest BCUT2D eigenvalue weighted by Crippen LogP contribution is 2.35. The fourth-order valence-corrected chi connectivity index (χ4v) is 1.75. The second kappa shape index (κ2) is 6.22. The van der Waals surface area contributed by atoms with Crippen molar-refractivity contribution >= 4 is 18.0 Å². The van der Waals surface area contributed by atoms with Crippen molar-refractivity contribution < 1.29 is 24.6 Å². The van der Waals surface area contributed by atoms with Gasteiger partial charge in [-0.05, 0) is 6.42 Å². The molecule has 1 unspecified atom stereocenters. The van der Waals surface area contributed by atoms with Crippen LogP contribution in [-0.2, 0) is 9.59 Å². The lowest BCUT2D eigenvalue weighted by molar-refractivity contribution is -0.127. The second-order valence-corrected chi connectivity index (χ2v) is 4.52. The fraction of sp³-hybridized carbons (Fsp3) is 0.727. The lowest BCUT2D eigenvalue weighted by atomic mass is 9.78. The number of carbonyl (C=O) groups is 3. The Morgan fingerprint density at radius 2 is 1.82 bits per heavy atom. The number of hydrogen-bond donors (Lipinski definition) is 3. The molecule has 0 aliphatic carbocycles. The van der Waals surface area contributed by atoms with E-state index in [1.807, 2.05) is 13.8 Å². The van der Waals surface area contributed by atoms with E-state index in [4.69, 9.17) is 15.0 Å². The third-order valence-electron chi connectivity index (χ3n) is 2.86. The van der Waals surface area contributed by atoms with Crippen LogP contribution in [0.15, 0.2) is 0 Å². The molecule has 1 atom stereocenters. The average Bonchev–Trinajstić information content (AvgIpc) is 2.34. The molecule has 0 radical (unpaired) electrons. The van der Waals surface area contributed by atoms with Gasteiger partial charge in [0.25, 0.3) is 0 Å². The van der Waals surface area contributed by atoms with E-state index in [0.717, 1.165) is 19.3 Å². The summed E-state index contributed by atoms with van der Waals surface area (Å²) in [5.74, 6) is -0.345. The molecule has 1 saturated heterocycles. The van der Waals surface area contributed by atoms with Crippen LogP contribution in [0, 0.1) is 11.3 Å². The van der Waals surface area contributed by atoms with Gasteiger partial charge in [-0.15, -0.1) is 0 Å². The van der Waals surface area contributed by atoms with Gasteiger partial charge in [0.05, 0.1) is 11.3 Å².